The summed E-state index contributed by atoms with van der Waals surface area (Å²) < 4.78 is 26.1. The van der Waals surface area contributed by atoms with Crippen LogP contribution in [0.4, 0.5) is 11.4 Å². The molecule has 2 rings (SSSR count). The number of carbonyl (C=O) groups is 1. The van der Waals surface area contributed by atoms with Crippen molar-refractivity contribution < 1.29 is 13.2 Å². The van der Waals surface area contributed by atoms with Gasteiger partial charge in [-0.05, 0) is 75.1 Å². The number of nitrogens with zero attached hydrogens (tertiary/aromatic N) is 1. The molecule has 1 atom stereocenters. The van der Waals surface area contributed by atoms with E-state index in [-0.39, 0.29) is 5.91 Å². The topological polar surface area (TPSA) is 66.5 Å². The Hall–Kier alpha value is -2.34. The largest absolute Gasteiger partial charge is 0.324 e. The maximum absolute atomic E-state index is 12.7. The Kier molecular flexibility index (Phi) is 5.76. The quantitative estimate of drug-likeness (QED) is 0.867. The fraction of sp³-hybridized carbons (Fsp3) is 0.350. The highest BCUT2D eigenvalue weighted by Crippen LogP contribution is 2.27. The second kappa shape index (κ2) is 7.50. The number of anilines is 2. The van der Waals surface area contributed by atoms with Crippen LogP contribution < -0.4 is 9.62 Å². The summed E-state index contributed by atoms with van der Waals surface area (Å²) in [6, 6.07) is 10.3. The minimum absolute atomic E-state index is 0.375. The highest BCUT2D eigenvalue weighted by molar-refractivity contribution is 7.92. The molecule has 26 heavy (non-hydrogen) atoms. The van der Waals surface area contributed by atoms with E-state index < -0.39 is 16.1 Å². The van der Waals surface area contributed by atoms with Crippen molar-refractivity contribution in [2.45, 2.75) is 40.7 Å². The standard InChI is InChI=1S/C20H26N2O3S/c1-13-7-8-15(3)19(11-13)22(26(6,24)25)17(5)20(23)21-18-10-9-14(2)16(4)12-18/h7-12,17H,1-6H3,(H,21,23)/t17-/m0/s1. The first-order valence-electron chi connectivity index (χ1n) is 8.45. The summed E-state index contributed by atoms with van der Waals surface area (Å²) in [5.41, 5.74) is 5.09. The van der Waals surface area contributed by atoms with E-state index in [1.165, 1.54) is 4.31 Å². The van der Waals surface area contributed by atoms with Crippen molar-refractivity contribution in [1.82, 2.24) is 0 Å². The Balaban J connectivity index is 2.37. The van der Waals surface area contributed by atoms with Crippen molar-refractivity contribution in [3.63, 3.8) is 0 Å². The summed E-state index contributed by atoms with van der Waals surface area (Å²) in [7, 11) is -3.64. The molecule has 0 bridgehead atoms. The van der Waals surface area contributed by atoms with E-state index in [0.717, 1.165) is 28.5 Å². The lowest BCUT2D eigenvalue weighted by atomic mass is 10.1. The molecular weight excluding hydrogens is 348 g/mol. The third kappa shape index (κ3) is 4.43. The van der Waals surface area contributed by atoms with Gasteiger partial charge in [0.05, 0.1) is 11.9 Å². The summed E-state index contributed by atoms with van der Waals surface area (Å²) in [6.07, 6.45) is 1.12. The van der Waals surface area contributed by atoms with Crippen molar-refractivity contribution >= 4 is 27.3 Å². The van der Waals surface area contributed by atoms with E-state index >= 15 is 0 Å². The second-order valence-corrected chi connectivity index (χ2v) is 8.67. The average Bonchev–Trinajstić information content (AvgIpc) is 2.53. The van der Waals surface area contributed by atoms with Crippen molar-refractivity contribution in [1.29, 1.82) is 0 Å². The number of hydrogen-bond donors (Lipinski definition) is 1. The van der Waals surface area contributed by atoms with Gasteiger partial charge in [0.1, 0.15) is 6.04 Å². The Morgan fingerprint density at radius 2 is 1.58 bits per heavy atom. The van der Waals surface area contributed by atoms with E-state index in [1.807, 2.05) is 58.0 Å². The van der Waals surface area contributed by atoms with Gasteiger partial charge in [0.25, 0.3) is 0 Å². The number of benzene rings is 2. The molecular formula is C20H26N2O3S. The minimum Gasteiger partial charge on any atom is -0.324 e. The normalized spacial score (nSPS) is 12.5. The van der Waals surface area contributed by atoms with Gasteiger partial charge in [-0.2, -0.15) is 0 Å². The predicted octanol–water partition coefficient (Wildman–Crippen LogP) is 3.71. The lowest BCUT2D eigenvalue weighted by Gasteiger charge is -2.29. The Labute approximate surface area is 156 Å². The minimum atomic E-state index is -3.64. The summed E-state index contributed by atoms with van der Waals surface area (Å²) in [4.78, 5) is 12.7. The van der Waals surface area contributed by atoms with Gasteiger partial charge in [-0.15, -0.1) is 0 Å². The highest BCUT2D eigenvalue weighted by atomic mass is 32.2. The van der Waals surface area contributed by atoms with Crippen LogP contribution in [0, 0.1) is 27.7 Å². The molecule has 1 amide bonds. The zero-order valence-corrected chi connectivity index (χ0v) is 16.9. The molecule has 0 aliphatic heterocycles. The first kappa shape index (κ1) is 20.0. The summed E-state index contributed by atoms with van der Waals surface area (Å²) in [5.74, 6) is -0.375. The van der Waals surface area contributed by atoms with E-state index in [0.29, 0.717) is 11.4 Å². The SMILES string of the molecule is Cc1ccc(C)c(N([C@@H](C)C(=O)Nc2ccc(C)c(C)c2)S(C)(=O)=O)c1. The molecule has 0 aromatic heterocycles. The fourth-order valence-corrected chi connectivity index (χ4v) is 4.03. The lowest BCUT2D eigenvalue weighted by Crippen LogP contribution is -2.45. The predicted molar refractivity (Wildman–Crippen MR) is 107 cm³/mol. The highest BCUT2D eigenvalue weighted by Gasteiger charge is 2.30. The maximum atomic E-state index is 12.7. The number of nitrogens with one attached hydrogen (secondary N) is 1. The summed E-state index contributed by atoms with van der Waals surface area (Å²) >= 11 is 0. The maximum Gasteiger partial charge on any atom is 0.247 e. The number of amides is 1. The third-order valence-corrected chi connectivity index (χ3v) is 5.69. The van der Waals surface area contributed by atoms with Crippen LogP contribution in [0.25, 0.3) is 0 Å². The summed E-state index contributed by atoms with van der Waals surface area (Å²) in [6.45, 7) is 9.28. The van der Waals surface area contributed by atoms with Crippen LogP contribution in [0.15, 0.2) is 36.4 Å². The molecule has 0 fully saturated rings. The number of aryl methyl sites for hydroxylation is 4. The van der Waals surface area contributed by atoms with Crippen molar-refractivity contribution in [3.05, 3.63) is 58.7 Å². The molecule has 0 aliphatic rings. The van der Waals surface area contributed by atoms with Crippen LogP contribution in [-0.2, 0) is 14.8 Å². The number of sulfonamides is 1. The molecule has 0 saturated heterocycles. The van der Waals surface area contributed by atoms with Gasteiger partial charge >= 0.3 is 0 Å². The molecule has 0 saturated carbocycles. The van der Waals surface area contributed by atoms with Gasteiger partial charge in [0.15, 0.2) is 0 Å². The first-order chi connectivity index (χ1) is 12.0. The van der Waals surface area contributed by atoms with Crippen LogP contribution in [0.5, 0.6) is 0 Å². The van der Waals surface area contributed by atoms with Gasteiger partial charge in [0.2, 0.25) is 15.9 Å². The van der Waals surface area contributed by atoms with Crippen LogP contribution in [-0.4, -0.2) is 26.6 Å². The van der Waals surface area contributed by atoms with E-state index in [4.69, 9.17) is 0 Å². The molecule has 0 heterocycles. The molecule has 1 N–H and O–H groups in total. The molecule has 0 spiro atoms. The Bertz CT molecular complexity index is 936. The van der Waals surface area contributed by atoms with Crippen LogP contribution in [0.2, 0.25) is 0 Å². The average molecular weight is 375 g/mol. The van der Waals surface area contributed by atoms with E-state index in [2.05, 4.69) is 5.32 Å². The molecule has 6 heteroatoms. The monoisotopic (exact) mass is 374 g/mol. The molecule has 5 nitrogen and oxygen atoms in total. The molecule has 0 aliphatic carbocycles. The fourth-order valence-electron chi connectivity index (χ4n) is 2.80. The van der Waals surface area contributed by atoms with Gasteiger partial charge < -0.3 is 5.32 Å². The van der Waals surface area contributed by atoms with Crippen LogP contribution >= 0.6 is 0 Å². The molecule has 0 unspecified atom stereocenters. The smallest absolute Gasteiger partial charge is 0.247 e. The van der Waals surface area contributed by atoms with E-state index in [1.54, 1.807) is 13.0 Å². The second-order valence-electron chi connectivity index (χ2n) is 6.81. The van der Waals surface area contributed by atoms with Gasteiger partial charge in [0, 0.05) is 5.69 Å². The number of rotatable bonds is 5. The zero-order chi connectivity index (χ0) is 19.6. The van der Waals surface area contributed by atoms with Gasteiger partial charge in [-0.3, -0.25) is 9.10 Å². The van der Waals surface area contributed by atoms with Gasteiger partial charge in [-0.25, -0.2) is 8.42 Å². The van der Waals surface area contributed by atoms with Crippen molar-refractivity contribution in [3.8, 4) is 0 Å². The van der Waals surface area contributed by atoms with Gasteiger partial charge in [-0.1, -0.05) is 18.2 Å². The third-order valence-electron chi connectivity index (χ3n) is 4.47. The number of hydrogen-bond acceptors (Lipinski definition) is 3. The first-order valence-corrected chi connectivity index (χ1v) is 10.3. The molecule has 2 aromatic carbocycles. The lowest BCUT2D eigenvalue weighted by molar-refractivity contribution is -0.116. The van der Waals surface area contributed by atoms with Crippen LogP contribution in [0.3, 0.4) is 0 Å². The molecule has 140 valence electrons. The Morgan fingerprint density at radius 1 is 0.962 bits per heavy atom. The van der Waals surface area contributed by atoms with Crippen molar-refractivity contribution in [2.75, 3.05) is 15.9 Å². The zero-order valence-electron chi connectivity index (χ0n) is 16.1. The molecule has 0 radical (unpaired) electrons. The number of carbonyl (C=O) groups excluding carboxylic acids is 1. The van der Waals surface area contributed by atoms with Crippen molar-refractivity contribution in [2.24, 2.45) is 0 Å². The summed E-state index contributed by atoms with van der Waals surface area (Å²) in [5, 5.41) is 2.82. The molecule has 2 aromatic rings. The Morgan fingerprint density at radius 3 is 2.15 bits per heavy atom. The van der Waals surface area contributed by atoms with Crippen LogP contribution in [0.1, 0.15) is 29.2 Å². The van der Waals surface area contributed by atoms with E-state index in [9.17, 15) is 13.2 Å².